The highest BCUT2D eigenvalue weighted by Gasteiger charge is 2.29. The quantitative estimate of drug-likeness (QED) is 0.710. The molecule has 1 aromatic rings. The van der Waals surface area contributed by atoms with Crippen LogP contribution in [0, 0.1) is 0 Å². The molecule has 0 amide bonds. The van der Waals surface area contributed by atoms with E-state index in [1.165, 1.54) is 18.4 Å². The van der Waals surface area contributed by atoms with Crippen LogP contribution < -0.4 is 0 Å². The molecular weight excluding hydrogens is 182 g/mol. The van der Waals surface area contributed by atoms with Crippen LogP contribution in [-0.2, 0) is 5.92 Å². The number of thiophene rings is 1. The van der Waals surface area contributed by atoms with Crippen LogP contribution in [0.4, 0.5) is 8.78 Å². The molecule has 0 bridgehead atoms. The Morgan fingerprint density at radius 2 is 2.25 bits per heavy atom. The van der Waals surface area contributed by atoms with Gasteiger partial charge in [0, 0.05) is 11.4 Å². The van der Waals surface area contributed by atoms with E-state index in [0.717, 1.165) is 23.5 Å². The lowest BCUT2D eigenvalue weighted by Gasteiger charge is -2.07. The molecule has 0 unspecified atom stereocenters. The fourth-order valence-corrected chi connectivity index (χ4v) is 1.52. The maximum atomic E-state index is 13.0. The van der Waals surface area contributed by atoms with Crippen molar-refractivity contribution >= 4 is 11.3 Å². The van der Waals surface area contributed by atoms with Crippen molar-refractivity contribution in [1.82, 2.24) is 0 Å². The highest BCUT2D eigenvalue weighted by molar-refractivity contribution is 7.10. The molecule has 1 rings (SSSR count). The number of halogens is 2. The molecule has 0 spiro atoms. The molecule has 0 saturated carbocycles. The van der Waals surface area contributed by atoms with Crippen LogP contribution in [0.15, 0.2) is 23.6 Å². The Morgan fingerprint density at radius 3 is 2.67 bits per heavy atom. The highest BCUT2D eigenvalue weighted by Crippen LogP contribution is 2.35. The van der Waals surface area contributed by atoms with Gasteiger partial charge in [0.1, 0.15) is 5.75 Å². The molecule has 1 heterocycles. The summed E-state index contributed by atoms with van der Waals surface area (Å²) in [6.07, 6.45) is 2.09. The molecule has 0 atom stereocenters. The monoisotopic (exact) mass is 190 g/mol. The van der Waals surface area contributed by atoms with E-state index in [4.69, 9.17) is 5.11 Å². The molecule has 66 valence electrons. The number of aromatic hydroxyl groups is 1. The summed E-state index contributed by atoms with van der Waals surface area (Å²) in [6.45, 7) is 1.53. The van der Waals surface area contributed by atoms with Gasteiger partial charge in [0.2, 0.25) is 0 Å². The fourth-order valence-electron chi connectivity index (χ4n) is 0.792. The van der Waals surface area contributed by atoms with E-state index in [1.54, 1.807) is 0 Å². The van der Waals surface area contributed by atoms with Crippen LogP contribution in [0.3, 0.4) is 0 Å². The van der Waals surface area contributed by atoms with Crippen molar-refractivity contribution in [2.24, 2.45) is 0 Å². The zero-order valence-electron chi connectivity index (χ0n) is 6.42. The van der Waals surface area contributed by atoms with Gasteiger partial charge in [-0.05, 0) is 13.0 Å². The van der Waals surface area contributed by atoms with Gasteiger partial charge in [-0.2, -0.15) is 8.78 Å². The second kappa shape index (κ2) is 3.23. The lowest BCUT2D eigenvalue weighted by molar-refractivity contribution is 0.0560. The van der Waals surface area contributed by atoms with E-state index in [9.17, 15) is 8.78 Å². The second-order valence-electron chi connectivity index (χ2n) is 2.29. The van der Waals surface area contributed by atoms with Crippen molar-refractivity contribution in [2.75, 3.05) is 0 Å². The van der Waals surface area contributed by atoms with Gasteiger partial charge in [0.05, 0.1) is 4.88 Å². The van der Waals surface area contributed by atoms with Crippen LogP contribution in [0.5, 0.6) is 5.75 Å². The van der Waals surface area contributed by atoms with Crippen LogP contribution >= 0.6 is 11.3 Å². The minimum Gasteiger partial charge on any atom is -0.507 e. The van der Waals surface area contributed by atoms with Gasteiger partial charge in [0.25, 0.3) is 0 Å². The lowest BCUT2D eigenvalue weighted by Crippen LogP contribution is -2.05. The largest absolute Gasteiger partial charge is 0.507 e. The van der Waals surface area contributed by atoms with Crippen molar-refractivity contribution < 1.29 is 13.9 Å². The van der Waals surface area contributed by atoms with E-state index in [2.05, 4.69) is 0 Å². The number of rotatable bonds is 2. The fraction of sp³-hybridized carbons (Fsp3) is 0.250. The molecule has 0 radical (unpaired) electrons. The molecule has 0 aliphatic heterocycles. The normalized spacial score (nSPS) is 12.6. The van der Waals surface area contributed by atoms with Gasteiger partial charge in [-0.15, -0.1) is 11.3 Å². The van der Waals surface area contributed by atoms with Crippen molar-refractivity contribution in [1.29, 1.82) is 0 Å². The predicted molar refractivity (Wildman–Crippen MR) is 44.7 cm³/mol. The van der Waals surface area contributed by atoms with Crippen LogP contribution in [0.1, 0.15) is 11.8 Å². The third-order valence-corrected chi connectivity index (χ3v) is 2.29. The van der Waals surface area contributed by atoms with E-state index < -0.39 is 5.92 Å². The molecule has 12 heavy (non-hydrogen) atoms. The summed E-state index contributed by atoms with van der Waals surface area (Å²) in [7, 11) is 0. The van der Waals surface area contributed by atoms with Crippen molar-refractivity contribution in [3.8, 4) is 5.75 Å². The SMILES string of the molecule is CC=CC(F)(F)c1cc(O)cs1. The van der Waals surface area contributed by atoms with Crippen LogP contribution in [-0.4, -0.2) is 5.11 Å². The van der Waals surface area contributed by atoms with E-state index in [-0.39, 0.29) is 10.6 Å². The molecule has 0 saturated heterocycles. The standard InChI is InChI=1S/C8H8F2OS/c1-2-3-8(9,10)7-4-6(11)5-12-7/h2-5,11H,1H3. The lowest BCUT2D eigenvalue weighted by atomic mass is 10.2. The van der Waals surface area contributed by atoms with Crippen LogP contribution in [0.25, 0.3) is 0 Å². The van der Waals surface area contributed by atoms with Gasteiger partial charge >= 0.3 is 5.92 Å². The molecular formula is C8H8F2OS. The highest BCUT2D eigenvalue weighted by atomic mass is 32.1. The summed E-state index contributed by atoms with van der Waals surface area (Å²) in [6, 6.07) is 1.07. The molecule has 1 nitrogen and oxygen atoms in total. The predicted octanol–water partition coefficient (Wildman–Crippen LogP) is 3.12. The smallest absolute Gasteiger partial charge is 0.300 e. The zero-order chi connectivity index (χ0) is 9.19. The summed E-state index contributed by atoms with van der Waals surface area (Å²) in [5.41, 5.74) is 0. The summed E-state index contributed by atoms with van der Waals surface area (Å²) in [5, 5.41) is 10.1. The summed E-state index contributed by atoms with van der Waals surface area (Å²) >= 11 is 0.845. The van der Waals surface area contributed by atoms with Crippen molar-refractivity contribution in [3.63, 3.8) is 0 Å². The van der Waals surface area contributed by atoms with E-state index in [1.807, 2.05) is 0 Å². The van der Waals surface area contributed by atoms with Gasteiger partial charge in [-0.3, -0.25) is 0 Å². The van der Waals surface area contributed by atoms with Gasteiger partial charge < -0.3 is 5.11 Å². The van der Waals surface area contributed by atoms with Gasteiger partial charge in [-0.25, -0.2) is 0 Å². The Balaban J connectivity index is 2.96. The van der Waals surface area contributed by atoms with Crippen molar-refractivity contribution in [3.05, 3.63) is 28.5 Å². The average Bonchev–Trinajstić information content (AvgIpc) is 2.36. The minimum absolute atomic E-state index is 0.112. The Kier molecular flexibility index (Phi) is 2.47. The molecule has 0 aromatic carbocycles. The Labute approximate surface area is 73.0 Å². The Hall–Kier alpha value is -0.900. The zero-order valence-corrected chi connectivity index (χ0v) is 7.24. The maximum Gasteiger partial charge on any atom is 0.300 e. The first-order valence-electron chi connectivity index (χ1n) is 3.36. The molecule has 4 heteroatoms. The van der Waals surface area contributed by atoms with Gasteiger partial charge in [-0.1, -0.05) is 6.08 Å². The minimum atomic E-state index is -2.96. The van der Waals surface area contributed by atoms with Crippen molar-refractivity contribution in [2.45, 2.75) is 12.8 Å². The average molecular weight is 190 g/mol. The third kappa shape index (κ3) is 1.82. The molecule has 0 aliphatic carbocycles. The van der Waals surface area contributed by atoms with E-state index >= 15 is 0 Å². The van der Waals surface area contributed by atoms with Gasteiger partial charge in [0.15, 0.2) is 0 Å². The summed E-state index contributed by atoms with van der Waals surface area (Å²) in [4.78, 5) is -0.141. The maximum absolute atomic E-state index is 13.0. The first kappa shape index (κ1) is 9.19. The first-order chi connectivity index (χ1) is 5.56. The molecule has 0 aliphatic rings. The molecule has 1 N–H and O–H groups in total. The topological polar surface area (TPSA) is 20.2 Å². The third-order valence-electron chi connectivity index (χ3n) is 1.29. The first-order valence-corrected chi connectivity index (χ1v) is 4.24. The second-order valence-corrected chi connectivity index (χ2v) is 3.20. The molecule has 1 aromatic heterocycles. The van der Waals surface area contributed by atoms with E-state index in [0.29, 0.717) is 0 Å². The number of allylic oxidation sites excluding steroid dienone is 2. The Bertz CT molecular complexity index is 291. The van der Waals surface area contributed by atoms with Crippen LogP contribution in [0.2, 0.25) is 0 Å². The Morgan fingerprint density at radius 1 is 1.58 bits per heavy atom. The number of hydrogen-bond acceptors (Lipinski definition) is 2. The molecule has 0 fully saturated rings. The number of alkyl halides is 2. The summed E-state index contributed by atoms with van der Waals surface area (Å²) in [5.74, 6) is -3.07. The number of hydrogen-bond donors (Lipinski definition) is 1. The summed E-state index contributed by atoms with van der Waals surface area (Å²) < 4.78 is 26.0.